The smallest absolute Gasteiger partial charge is 0.354 e. The molecule has 0 aliphatic heterocycles. The van der Waals surface area contributed by atoms with E-state index in [9.17, 15) is 9.59 Å². The summed E-state index contributed by atoms with van der Waals surface area (Å²) >= 11 is 0. The second-order valence-electron chi connectivity index (χ2n) is 4.52. The summed E-state index contributed by atoms with van der Waals surface area (Å²) in [5, 5.41) is 17.9. The van der Waals surface area contributed by atoms with Crippen molar-refractivity contribution in [2.45, 2.75) is 25.3 Å². The molecule has 6 nitrogen and oxygen atoms in total. The summed E-state index contributed by atoms with van der Waals surface area (Å²) in [6.07, 6.45) is 2.91. The van der Waals surface area contributed by atoms with Gasteiger partial charge in [-0.3, -0.25) is 4.79 Å². The molecule has 1 aliphatic carbocycles. The van der Waals surface area contributed by atoms with Crippen molar-refractivity contribution in [2.24, 2.45) is 0 Å². The zero-order valence-corrected chi connectivity index (χ0v) is 10.5. The zero-order valence-electron chi connectivity index (χ0n) is 10.5. The van der Waals surface area contributed by atoms with E-state index in [1.54, 1.807) is 4.90 Å². The maximum Gasteiger partial charge on any atom is 0.354 e. The molecule has 0 atom stereocenters. The molecule has 1 aromatic rings. The van der Waals surface area contributed by atoms with Crippen molar-refractivity contribution in [2.75, 3.05) is 13.2 Å². The van der Waals surface area contributed by atoms with Crippen LogP contribution >= 0.6 is 0 Å². The third-order valence-corrected chi connectivity index (χ3v) is 3.30. The van der Waals surface area contributed by atoms with Crippen molar-refractivity contribution >= 4 is 11.9 Å². The number of aromatic carboxylic acids is 1. The molecule has 1 amide bonds. The minimum absolute atomic E-state index is 0.110. The van der Waals surface area contributed by atoms with Crippen molar-refractivity contribution in [3.8, 4) is 0 Å². The summed E-state index contributed by atoms with van der Waals surface area (Å²) in [4.78, 5) is 28.6. The predicted octanol–water partition coefficient (Wildman–Crippen LogP) is 0.767. The van der Waals surface area contributed by atoms with Crippen LogP contribution in [-0.2, 0) is 0 Å². The van der Waals surface area contributed by atoms with Crippen LogP contribution in [0.4, 0.5) is 0 Å². The SMILES string of the molecule is O=C(O)c1cccc(C(=O)N(CCO)C2CCC2)n1. The Morgan fingerprint density at radius 2 is 2.00 bits per heavy atom. The van der Waals surface area contributed by atoms with Gasteiger partial charge in [-0.25, -0.2) is 9.78 Å². The molecule has 2 rings (SSSR count). The van der Waals surface area contributed by atoms with E-state index in [-0.39, 0.29) is 36.5 Å². The lowest BCUT2D eigenvalue weighted by molar-refractivity contribution is 0.0519. The van der Waals surface area contributed by atoms with E-state index < -0.39 is 5.97 Å². The Kier molecular flexibility index (Phi) is 4.11. The van der Waals surface area contributed by atoms with Crippen LogP contribution < -0.4 is 0 Å². The summed E-state index contributed by atoms with van der Waals surface area (Å²) < 4.78 is 0. The summed E-state index contributed by atoms with van der Waals surface area (Å²) in [6.45, 7) is 0.142. The quantitative estimate of drug-likeness (QED) is 0.819. The Hall–Kier alpha value is -1.95. The van der Waals surface area contributed by atoms with Crippen molar-refractivity contribution in [3.63, 3.8) is 0 Å². The van der Waals surface area contributed by atoms with Crippen molar-refractivity contribution < 1.29 is 19.8 Å². The first-order valence-electron chi connectivity index (χ1n) is 6.25. The van der Waals surface area contributed by atoms with Gasteiger partial charge < -0.3 is 15.1 Å². The van der Waals surface area contributed by atoms with Gasteiger partial charge in [-0.05, 0) is 31.4 Å². The fourth-order valence-corrected chi connectivity index (χ4v) is 2.08. The lowest BCUT2D eigenvalue weighted by atomic mass is 9.91. The van der Waals surface area contributed by atoms with Gasteiger partial charge in [-0.1, -0.05) is 6.07 Å². The third kappa shape index (κ3) is 2.90. The Balaban J connectivity index is 2.20. The van der Waals surface area contributed by atoms with Crippen LogP contribution in [0.5, 0.6) is 0 Å². The van der Waals surface area contributed by atoms with Crippen LogP contribution in [0.1, 0.15) is 40.2 Å². The molecule has 0 saturated heterocycles. The number of hydrogen-bond acceptors (Lipinski definition) is 4. The molecule has 1 aliphatic rings. The van der Waals surface area contributed by atoms with E-state index in [4.69, 9.17) is 10.2 Å². The monoisotopic (exact) mass is 264 g/mol. The van der Waals surface area contributed by atoms with Crippen molar-refractivity contribution in [1.82, 2.24) is 9.88 Å². The number of carbonyl (C=O) groups excluding carboxylic acids is 1. The Bertz CT molecular complexity index is 485. The van der Waals surface area contributed by atoms with Crippen LogP contribution in [0.3, 0.4) is 0 Å². The number of aliphatic hydroxyl groups excluding tert-OH is 1. The molecule has 1 saturated carbocycles. The number of rotatable bonds is 5. The number of aromatic nitrogens is 1. The largest absolute Gasteiger partial charge is 0.477 e. The first-order valence-corrected chi connectivity index (χ1v) is 6.25. The first kappa shape index (κ1) is 13.5. The highest BCUT2D eigenvalue weighted by Crippen LogP contribution is 2.25. The lowest BCUT2D eigenvalue weighted by Crippen LogP contribution is -2.46. The van der Waals surface area contributed by atoms with E-state index in [0.717, 1.165) is 19.3 Å². The van der Waals surface area contributed by atoms with E-state index >= 15 is 0 Å². The number of aliphatic hydroxyl groups is 1. The normalized spacial score (nSPS) is 14.8. The van der Waals surface area contributed by atoms with Crippen molar-refractivity contribution in [3.05, 3.63) is 29.6 Å². The summed E-state index contributed by atoms with van der Waals surface area (Å²) in [5.41, 5.74) is -0.0383. The second-order valence-corrected chi connectivity index (χ2v) is 4.52. The van der Waals surface area contributed by atoms with Gasteiger partial charge in [0, 0.05) is 12.6 Å². The average molecular weight is 264 g/mol. The van der Waals surface area contributed by atoms with Gasteiger partial charge in [-0.15, -0.1) is 0 Å². The number of hydrogen-bond donors (Lipinski definition) is 2. The van der Waals surface area contributed by atoms with Crippen LogP contribution in [0.25, 0.3) is 0 Å². The lowest BCUT2D eigenvalue weighted by Gasteiger charge is -2.37. The molecule has 2 N–H and O–H groups in total. The summed E-state index contributed by atoms with van der Waals surface area (Å²) in [7, 11) is 0. The standard InChI is InChI=1S/C13H16N2O4/c16-8-7-15(9-3-1-4-9)12(17)10-5-2-6-11(14-10)13(18)19/h2,5-6,9,16H,1,3-4,7-8H2,(H,18,19). The Labute approximate surface area is 110 Å². The number of nitrogens with zero attached hydrogens (tertiary/aromatic N) is 2. The number of carboxylic acids is 1. The molecule has 1 fully saturated rings. The van der Waals surface area contributed by atoms with Gasteiger partial charge >= 0.3 is 5.97 Å². The molecule has 0 radical (unpaired) electrons. The number of amides is 1. The fraction of sp³-hybridized carbons (Fsp3) is 0.462. The summed E-state index contributed by atoms with van der Waals surface area (Å²) in [5.74, 6) is -1.48. The number of carbonyl (C=O) groups is 2. The molecule has 1 aromatic heterocycles. The Morgan fingerprint density at radius 1 is 1.32 bits per heavy atom. The van der Waals surface area contributed by atoms with E-state index in [0.29, 0.717) is 0 Å². The molecule has 0 unspecified atom stereocenters. The zero-order chi connectivity index (χ0) is 13.8. The molecular formula is C13H16N2O4. The summed E-state index contributed by atoms with van der Waals surface area (Å²) in [6, 6.07) is 4.48. The van der Waals surface area contributed by atoms with Crippen molar-refractivity contribution in [1.29, 1.82) is 0 Å². The molecule has 0 aromatic carbocycles. The van der Waals surface area contributed by atoms with Gasteiger partial charge in [0.15, 0.2) is 0 Å². The average Bonchev–Trinajstić information content (AvgIpc) is 2.35. The van der Waals surface area contributed by atoms with Crippen LogP contribution in [0.15, 0.2) is 18.2 Å². The van der Waals surface area contributed by atoms with Gasteiger partial charge in [0.25, 0.3) is 5.91 Å². The molecular weight excluding hydrogens is 248 g/mol. The van der Waals surface area contributed by atoms with Crippen LogP contribution in [0, 0.1) is 0 Å². The van der Waals surface area contributed by atoms with Gasteiger partial charge in [0.1, 0.15) is 11.4 Å². The topological polar surface area (TPSA) is 90.7 Å². The maximum absolute atomic E-state index is 12.3. The fourth-order valence-electron chi connectivity index (χ4n) is 2.08. The van der Waals surface area contributed by atoms with Crippen LogP contribution in [0.2, 0.25) is 0 Å². The molecule has 1 heterocycles. The molecule has 19 heavy (non-hydrogen) atoms. The molecule has 102 valence electrons. The van der Waals surface area contributed by atoms with Gasteiger partial charge in [-0.2, -0.15) is 0 Å². The second kappa shape index (κ2) is 5.79. The minimum Gasteiger partial charge on any atom is -0.477 e. The molecule has 0 bridgehead atoms. The van der Waals surface area contributed by atoms with E-state index in [1.165, 1.54) is 18.2 Å². The van der Waals surface area contributed by atoms with Crippen LogP contribution in [-0.4, -0.2) is 51.2 Å². The minimum atomic E-state index is -1.16. The predicted molar refractivity (Wildman–Crippen MR) is 67.0 cm³/mol. The first-order chi connectivity index (χ1) is 9.13. The van der Waals surface area contributed by atoms with E-state index in [2.05, 4.69) is 4.98 Å². The highest BCUT2D eigenvalue weighted by atomic mass is 16.4. The number of pyridine rings is 1. The number of carboxylic acid groups (broad SMARTS) is 1. The third-order valence-electron chi connectivity index (χ3n) is 3.30. The molecule has 6 heteroatoms. The van der Waals surface area contributed by atoms with E-state index in [1.807, 2.05) is 0 Å². The van der Waals surface area contributed by atoms with Gasteiger partial charge in [0.2, 0.25) is 0 Å². The maximum atomic E-state index is 12.3. The van der Waals surface area contributed by atoms with Gasteiger partial charge in [0.05, 0.1) is 6.61 Å². The highest BCUT2D eigenvalue weighted by Gasteiger charge is 2.29. The molecule has 0 spiro atoms. The highest BCUT2D eigenvalue weighted by molar-refractivity contribution is 5.94. The Morgan fingerprint density at radius 3 is 2.53 bits per heavy atom.